The van der Waals surface area contributed by atoms with Crippen LogP contribution in [-0.2, 0) is 14.3 Å². The van der Waals surface area contributed by atoms with Crippen molar-refractivity contribution >= 4 is 23.5 Å². The van der Waals surface area contributed by atoms with Crippen molar-refractivity contribution in [3.05, 3.63) is 0 Å². The Kier molecular flexibility index (Phi) is 22.6. The minimum absolute atomic E-state index is 0.161. The van der Waals surface area contributed by atoms with E-state index in [1.807, 2.05) is 0 Å². The summed E-state index contributed by atoms with van der Waals surface area (Å²) in [4.78, 5) is 24.5. The largest absolute Gasteiger partial charge is 0.461 e. The Morgan fingerprint density at radius 2 is 1.25 bits per heavy atom. The third-order valence-electron chi connectivity index (χ3n) is 5.58. The Hall–Kier alpha value is -0.890. The smallest absolute Gasteiger partial charge is 0.325 e. The number of aliphatic hydroxyl groups excluding tert-OH is 2. The summed E-state index contributed by atoms with van der Waals surface area (Å²) in [6, 6.07) is 0. The van der Waals surface area contributed by atoms with Crippen LogP contribution in [0.1, 0.15) is 110 Å². The van der Waals surface area contributed by atoms with Crippen LogP contribution in [0.5, 0.6) is 0 Å². The molecule has 0 rings (SSSR count). The molecule has 0 aliphatic rings. The molecule has 190 valence electrons. The average Bonchev–Trinajstić information content (AvgIpc) is 2.79. The van der Waals surface area contributed by atoms with Crippen molar-refractivity contribution in [3.8, 4) is 0 Å². The summed E-state index contributed by atoms with van der Waals surface area (Å²) in [7, 11) is 0. The van der Waals surface area contributed by atoms with Crippen molar-refractivity contribution in [2.75, 3.05) is 26.6 Å². The van der Waals surface area contributed by atoms with Crippen LogP contribution < -0.4 is 5.32 Å². The number of esters is 1. The number of ether oxygens (including phenoxy) is 1. The molecule has 0 bridgehead atoms. The van der Waals surface area contributed by atoms with E-state index >= 15 is 0 Å². The van der Waals surface area contributed by atoms with Gasteiger partial charge >= 0.3 is 5.97 Å². The molecule has 0 aromatic heterocycles. The molecule has 1 unspecified atom stereocenters. The van der Waals surface area contributed by atoms with E-state index in [-0.39, 0.29) is 19.1 Å². The molecule has 32 heavy (non-hydrogen) atoms. The van der Waals surface area contributed by atoms with Gasteiger partial charge in [-0.3, -0.25) is 9.59 Å². The number of nitrogens with one attached hydrogen (secondary N) is 1. The lowest BCUT2D eigenvalue weighted by Gasteiger charge is -2.21. The standard InChI is InChI=1S/C24H47ClN2O5/c1-2-3-4-5-6-7-8-9-10-11-12-13-14-15-16-17-23(30)26-18-24(31)32-19-22(25)27(20-28)21-29/h22,28-29H,2-21H2,1H3,(H,26,30). The zero-order valence-corrected chi connectivity index (χ0v) is 20.9. The summed E-state index contributed by atoms with van der Waals surface area (Å²) >= 11 is 5.87. The van der Waals surface area contributed by atoms with E-state index in [0.29, 0.717) is 6.42 Å². The van der Waals surface area contributed by atoms with Crippen LogP contribution in [0.2, 0.25) is 0 Å². The third-order valence-corrected chi connectivity index (χ3v) is 5.98. The second kappa shape index (κ2) is 23.3. The number of rotatable bonds is 23. The van der Waals surface area contributed by atoms with Gasteiger partial charge in [0.1, 0.15) is 18.7 Å². The molecule has 0 radical (unpaired) electrons. The first-order valence-electron chi connectivity index (χ1n) is 12.6. The highest BCUT2D eigenvalue weighted by atomic mass is 35.5. The molecule has 0 aromatic carbocycles. The zero-order valence-electron chi connectivity index (χ0n) is 20.2. The van der Waals surface area contributed by atoms with E-state index in [1.54, 1.807) is 0 Å². The predicted octanol–water partition coefficient (Wildman–Crippen LogP) is 4.67. The van der Waals surface area contributed by atoms with Crippen molar-refractivity contribution in [1.29, 1.82) is 0 Å². The summed E-state index contributed by atoms with van der Waals surface area (Å²) in [5.74, 6) is -0.761. The lowest BCUT2D eigenvalue weighted by molar-refractivity contribution is -0.145. The van der Waals surface area contributed by atoms with Gasteiger partial charge < -0.3 is 20.3 Å². The Morgan fingerprint density at radius 3 is 1.69 bits per heavy atom. The summed E-state index contributed by atoms with van der Waals surface area (Å²) < 4.78 is 4.92. The van der Waals surface area contributed by atoms with E-state index in [1.165, 1.54) is 77.0 Å². The quantitative estimate of drug-likeness (QED) is 0.0648. The zero-order chi connectivity index (χ0) is 23.9. The van der Waals surface area contributed by atoms with Gasteiger partial charge in [0.15, 0.2) is 0 Å². The van der Waals surface area contributed by atoms with Gasteiger partial charge in [0.25, 0.3) is 0 Å². The van der Waals surface area contributed by atoms with E-state index in [0.717, 1.165) is 24.2 Å². The minimum Gasteiger partial charge on any atom is -0.461 e. The molecule has 1 amide bonds. The van der Waals surface area contributed by atoms with Crippen molar-refractivity contribution < 1.29 is 24.5 Å². The molecule has 0 aliphatic heterocycles. The number of hydrogen-bond donors (Lipinski definition) is 3. The molecule has 7 nitrogen and oxygen atoms in total. The van der Waals surface area contributed by atoms with E-state index in [9.17, 15) is 9.59 Å². The SMILES string of the molecule is CCCCCCCCCCCCCCCCCC(=O)NCC(=O)OCC(Cl)N(CO)CO. The van der Waals surface area contributed by atoms with Crippen LogP contribution in [0.25, 0.3) is 0 Å². The van der Waals surface area contributed by atoms with Gasteiger partial charge in [-0.15, -0.1) is 11.6 Å². The molecule has 0 fully saturated rings. The number of halogens is 1. The second-order valence-corrected chi connectivity index (χ2v) is 8.97. The molecular weight excluding hydrogens is 432 g/mol. The van der Waals surface area contributed by atoms with Gasteiger partial charge in [-0.2, -0.15) is 0 Å². The summed E-state index contributed by atoms with van der Waals surface area (Å²) in [5.41, 5.74) is -0.829. The van der Waals surface area contributed by atoms with Crippen LogP contribution in [0, 0.1) is 0 Å². The lowest BCUT2D eigenvalue weighted by Crippen LogP contribution is -2.38. The highest BCUT2D eigenvalue weighted by molar-refractivity contribution is 6.20. The fourth-order valence-electron chi connectivity index (χ4n) is 3.46. The molecule has 0 heterocycles. The van der Waals surface area contributed by atoms with Crippen LogP contribution in [0.3, 0.4) is 0 Å². The lowest BCUT2D eigenvalue weighted by atomic mass is 10.0. The van der Waals surface area contributed by atoms with Gasteiger partial charge in [-0.25, -0.2) is 4.90 Å². The highest BCUT2D eigenvalue weighted by Crippen LogP contribution is 2.13. The van der Waals surface area contributed by atoms with Crippen LogP contribution >= 0.6 is 11.6 Å². The summed E-state index contributed by atoms with van der Waals surface area (Å²) in [5, 5.41) is 20.4. The Balaban J connectivity index is 3.42. The molecule has 0 saturated heterocycles. The maximum atomic E-state index is 11.8. The Bertz CT molecular complexity index is 450. The predicted molar refractivity (Wildman–Crippen MR) is 129 cm³/mol. The van der Waals surface area contributed by atoms with Crippen LogP contribution in [0.15, 0.2) is 0 Å². The van der Waals surface area contributed by atoms with Gasteiger partial charge in [0.05, 0.1) is 13.5 Å². The highest BCUT2D eigenvalue weighted by Gasteiger charge is 2.16. The maximum Gasteiger partial charge on any atom is 0.325 e. The average molecular weight is 479 g/mol. The van der Waals surface area contributed by atoms with Gasteiger partial charge in [-0.05, 0) is 6.42 Å². The van der Waals surface area contributed by atoms with Gasteiger partial charge in [0, 0.05) is 6.42 Å². The number of carbonyl (C=O) groups excluding carboxylic acids is 2. The molecule has 0 aliphatic carbocycles. The number of unbranched alkanes of at least 4 members (excludes halogenated alkanes) is 14. The van der Waals surface area contributed by atoms with Crippen LogP contribution in [0.4, 0.5) is 0 Å². The molecule has 0 spiro atoms. The first kappa shape index (κ1) is 31.1. The minimum atomic E-state index is -0.829. The van der Waals surface area contributed by atoms with E-state index in [2.05, 4.69) is 12.2 Å². The second-order valence-electron chi connectivity index (χ2n) is 8.47. The number of alkyl halides is 1. The number of aliphatic hydroxyl groups is 2. The maximum absolute atomic E-state index is 11.8. The Labute approximate surface area is 200 Å². The third kappa shape index (κ3) is 19.8. The van der Waals surface area contributed by atoms with Crippen LogP contribution in [-0.4, -0.2) is 59.1 Å². The normalized spacial score (nSPS) is 12.2. The van der Waals surface area contributed by atoms with Crippen molar-refractivity contribution in [2.24, 2.45) is 0 Å². The first-order valence-corrected chi connectivity index (χ1v) is 13.0. The number of nitrogens with zero attached hydrogens (tertiary/aromatic N) is 1. The molecule has 0 saturated carbocycles. The number of hydrogen-bond acceptors (Lipinski definition) is 6. The topological polar surface area (TPSA) is 99.1 Å². The summed E-state index contributed by atoms with van der Waals surface area (Å²) in [6.07, 6.45) is 19.6. The monoisotopic (exact) mass is 478 g/mol. The summed E-state index contributed by atoms with van der Waals surface area (Å²) in [6.45, 7) is 0.972. The molecule has 3 N–H and O–H groups in total. The van der Waals surface area contributed by atoms with Gasteiger partial charge in [0.2, 0.25) is 5.91 Å². The van der Waals surface area contributed by atoms with Gasteiger partial charge in [-0.1, -0.05) is 96.8 Å². The molecule has 0 aromatic rings. The number of carbonyl (C=O) groups is 2. The molecule has 1 atom stereocenters. The fraction of sp³-hybridized carbons (Fsp3) is 0.917. The van der Waals surface area contributed by atoms with Crippen molar-refractivity contribution in [2.45, 2.75) is 115 Å². The van der Waals surface area contributed by atoms with E-state index in [4.69, 9.17) is 26.6 Å². The fourth-order valence-corrected chi connectivity index (χ4v) is 3.64. The molecular formula is C24H47ClN2O5. The van der Waals surface area contributed by atoms with Crippen molar-refractivity contribution in [1.82, 2.24) is 10.2 Å². The first-order chi connectivity index (χ1) is 15.5. The Morgan fingerprint density at radius 1 is 0.812 bits per heavy atom. The number of amides is 1. The van der Waals surface area contributed by atoms with E-state index < -0.39 is 24.9 Å². The molecule has 8 heteroatoms. The van der Waals surface area contributed by atoms with Crippen molar-refractivity contribution in [3.63, 3.8) is 0 Å².